The first-order valence-electron chi connectivity index (χ1n) is 5.38. The number of hydrogen-bond acceptors (Lipinski definition) is 1. The van der Waals surface area contributed by atoms with Crippen LogP contribution >= 0.6 is 0 Å². The second kappa shape index (κ2) is 5.74. The Bertz CT molecular complexity index is 309. The van der Waals surface area contributed by atoms with E-state index in [4.69, 9.17) is 4.74 Å². The van der Waals surface area contributed by atoms with E-state index in [9.17, 15) is 4.39 Å². The van der Waals surface area contributed by atoms with Crippen LogP contribution in [0.1, 0.15) is 31.9 Å². The molecule has 0 heterocycles. The fourth-order valence-electron chi connectivity index (χ4n) is 1.59. The minimum Gasteiger partial charge on any atom is -0.493 e. The van der Waals surface area contributed by atoms with Gasteiger partial charge in [0.15, 0.2) is 0 Å². The number of alkyl halides is 1. The van der Waals surface area contributed by atoms with Crippen molar-refractivity contribution in [1.29, 1.82) is 0 Å². The van der Waals surface area contributed by atoms with Gasteiger partial charge in [0.2, 0.25) is 0 Å². The van der Waals surface area contributed by atoms with Crippen LogP contribution in [-0.2, 0) is 6.42 Å². The molecule has 0 saturated heterocycles. The number of halogens is 1. The quantitative estimate of drug-likeness (QED) is 0.720. The van der Waals surface area contributed by atoms with E-state index in [1.807, 2.05) is 25.1 Å². The summed E-state index contributed by atoms with van der Waals surface area (Å²) in [5.74, 6) is 1.58. The van der Waals surface area contributed by atoms with Gasteiger partial charge >= 0.3 is 0 Å². The number of para-hydroxylation sites is 1. The molecule has 1 radical (unpaired) electrons. The highest BCUT2D eigenvalue weighted by Gasteiger charge is 2.14. The Morgan fingerprint density at radius 3 is 2.60 bits per heavy atom. The van der Waals surface area contributed by atoms with Crippen LogP contribution in [0.3, 0.4) is 0 Å². The standard InChI is InChI=1S/C13H18FO/c1-4-11-7-6-8-12(10(3)9-14)13(11)15-5-2/h6-8H,4-5,9H2,1-3H3. The van der Waals surface area contributed by atoms with Gasteiger partial charge in [-0.15, -0.1) is 0 Å². The summed E-state index contributed by atoms with van der Waals surface area (Å²) in [5, 5.41) is 0. The number of hydrogen-bond donors (Lipinski definition) is 0. The summed E-state index contributed by atoms with van der Waals surface area (Å²) in [6.07, 6.45) is 0.905. The fraction of sp³-hybridized carbons (Fsp3) is 0.462. The summed E-state index contributed by atoms with van der Waals surface area (Å²) in [6, 6.07) is 5.90. The molecule has 0 spiro atoms. The number of benzene rings is 1. The molecule has 0 N–H and O–H groups in total. The van der Waals surface area contributed by atoms with Crippen molar-refractivity contribution in [2.24, 2.45) is 0 Å². The predicted molar refractivity (Wildman–Crippen MR) is 61.0 cm³/mol. The van der Waals surface area contributed by atoms with Gasteiger partial charge in [0.05, 0.1) is 13.3 Å². The minimum atomic E-state index is -0.423. The second-order valence-corrected chi connectivity index (χ2v) is 3.49. The third-order valence-electron chi connectivity index (χ3n) is 2.43. The molecule has 1 nitrogen and oxygen atoms in total. The van der Waals surface area contributed by atoms with E-state index in [2.05, 4.69) is 6.92 Å². The smallest absolute Gasteiger partial charge is 0.126 e. The largest absolute Gasteiger partial charge is 0.493 e. The van der Waals surface area contributed by atoms with E-state index in [-0.39, 0.29) is 0 Å². The maximum atomic E-state index is 12.6. The molecule has 1 rings (SSSR count). The van der Waals surface area contributed by atoms with E-state index in [0.717, 1.165) is 29.2 Å². The van der Waals surface area contributed by atoms with Crippen LogP contribution in [0.15, 0.2) is 18.2 Å². The highest BCUT2D eigenvalue weighted by atomic mass is 19.1. The van der Waals surface area contributed by atoms with Crippen molar-refractivity contribution in [2.45, 2.75) is 27.2 Å². The Hall–Kier alpha value is -1.05. The van der Waals surface area contributed by atoms with E-state index in [1.54, 1.807) is 6.92 Å². The minimum absolute atomic E-state index is 0.423. The number of ether oxygens (including phenoxy) is 1. The summed E-state index contributed by atoms with van der Waals surface area (Å²) < 4.78 is 18.2. The SMILES string of the molecule is CCOc1c(CC)cccc1[C](C)CF. The molecule has 0 aliphatic rings. The van der Waals surface area contributed by atoms with E-state index < -0.39 is 6.67 Å². The Balaban J connectivity index is 3.12. The highest BCUT2D eigenvalue weighted by Crippen LogP contribution is 2.30. The van der Waals surface area contributed by atoms with Crippen LogP contribution in [0.5, 0.6) is 5.75 Å². The van der Waals surface area contributed by atoms with Crippen LogP contribution in [0.4, 0.5) is 4.39 Å². The van der Waals surface area contributed by atoms with Gasteiger partial charge in [0, 0.05) is 11.5 Å². The first-order chi connectivity index (χ1) is 7.24. The maximum Gasteiger partial charge on any atom is 0.126 e. The van der Waals surface area contributed by atoms with Crippen LogP contribution < -0.4 is 4.74 Å². The Labute approximate surface area is 91.3 Å². The van der Waals surface area contributed by atoms with E-state index in [0.29, 0.717) is 6.61 Å². The lowest BCUT2D eigenvalue weighted by atomic mass is 9.97. The molecule has 83 valence electrons. The van der Waals surface area contributed by atoms with Gasteiger partial charge in [-0.25, -0.2) is 0 Å². The van der Waals surface area contributed by atoms with Gasteiger partial charge in [-0.05, 0) is 18.9 Å². The zero-order valence-corrected chi connectivity index (χ0v) is 9.64. The molecule has 0 unspecified atom stereocenters. The van der Waals surface area contributed by atoms with Crippen molar-refractivity contribution in [3.05, 3.63) is 35.2 Å². The number of rotatable bonds is 5. The van der Waals surface area contributed by atoms with Crippen molar-refractivity contribution < 1.29 is 9.13 Å². The first-order valence-corrected chi connectivity index (χ1v) is 5.38. The summed E-state index contributed by atoms with van der Waals surface area (Å²) in [5.41, 5.74) is 2.04. The van der Waals surface area contributed by atoms with Gasteiger partial charge in [-0.3, -0.25) is 4.39 Å². The van der Waals surface area contributed by atoms with Crippen LogP contribution in [-0.4, -0.2) is 13.3 Å². The summed E-state index contributed by atoms with van der Waals surface area (Å²) in [7, 11) is 0. The molecule has 0 atom stereocenters. The molecule has 0 saturated carbocycles. The molecule has 15 heavy (non-hydrogen) atoms. The molecule has 0 amide bonds. The molecule has 0 aliphatic heterocycles. The lowest BCUT2D eigenvalue weighted by Gasteiger charge is -2.16. The molecule has 2 heteroatoms. The maximum absolute atomic E-state index is 12.6. The van der Waals surface area contributed by atoms with Gasteiger partial charge in [0.1, 0.15) is 5.75 Å². The van der Waals surface area contributed by atoms with Gasteiger partial charge in [-0.1, -0.05) is 32.0 Å². The van der Waals surface area contributed by atoms with E-state index in [1.165, 1.54) is 0 Å². The fourth-order valence-corrected chi connectivity index (χ4v) is 1.59. The Kier molecular flexibility index (Phi) is 4.60. The Morgan fingerprint density at radius 2 is 2.07 bits per heavy atom. The molecule has 0 aliphatic carbocycles. The molecule has 0 fully saturated rings. The lowest BCUT2D eigenvalue weighted by Crippen LogP contribution is -2.05. The summed E-state index contributed by atoms with van der Waals surface area (Å²) >= 11 is 0. The first kappa shape index (κ1) is 12.0. The average molecular weight is 209 g/mol. The third kappa shape index (κ3) is 2.71. The average Bonchev–Trinajstić information content (AvgIpc) is 2.28. The number of aryl methyl sites for hydroxylation is 1. The second-order valence-electron chi connectivity index (χ2n) is 3.49. The zero-order chi connectivity index (χ0) is 11.3. The van der Waals surface area contributed by atoms with Crippen molar-refractivity contribution in [2.75, 3.05) is 13.3 Å². The van der Waals surface area contributed by atoms with Gasteiger partial charge in [0.25, 0.3) is 0 Å². The van der Waals surface area contributed by atoms with Gasteiger partial charge in [-0.2, -0.15) is 0 Å². The molecular formula is C13H18FO. The summed E-state index contributed by atoms with van der Waals surface area (Å²) in [6.45, 7) is 6.02. The molecule has 0 aromatic heterocycles. The molecule has 1 aromatic carbocycles. The highest BCUT2D eigenvalue weighted by molar-refractivity contribution is 5.48. The van der Waals surface area contributed by atoms with Crippen LogP contribution in [0.2, 0.25) is 0 Å². The van der Waals surface area contributed by atoms with Crippen molar-refractivity contribution in [1.82, 2.24) is 0 Å². The normalized spacial score (nSPS) is 10.7. The Morgan fingerprint density at radius 1 is 1.33 bits per heavy atom. The van der Waals surface area contributed by atoms with Crippen molar-refractivity contribution >= 4 is 0 Å². The molecule has 0 bridgehead atoms. The zero-order valence-electron chi connectivity index (χ0n) is 9.64. The topological polar surface area (TPSA) is 9.23 Å². The lowest BCUT2D eigenvalue weighted by molar-refractivity contribution is 0.333. The third-order valence-corrected chi connectivity index (χ3v) is 2.43. The van der Waals surface area contributed by atoms with Gasteiger partial charge < -0.3 is 4.74 Å². The predicted octanol–water partition coefficient (Wildman–Crippen LogP) is 3.56. The van der Waals surface area contributed by atoms with E-state index >= 15 is 0 Å². The molecule has 1 aromatic rings. The molecular weight excluding hydrogens is 191 g/mol. The van der Waals surface area contributed by atoms with Crippen LogP contribution in [0, 0.1) is 5.92 Å². The van der Waals surface area contributed by atoms with Crippen molar-refractivity contribution in [3.63, 3.8) is 0 Å². The summed E-state index contributed by atoms with van der Waals surface area (Å²) in [4.78, 5) is 0. The monoisotopic (exact) mass is 209 g/mol. The van der Waals surface area contributed by atoms with Crippen molar-refractivity contribution in [3.8, 4) is 5.75 Å². The van der Waals surface area contributed by atoms with Crippen LogP contribution in [0.25, 0.3) is 0 Å².